The Bertz CT molecular complexity index is 745. The Hall–Kier alpha value is -3.22. The number of urea groups is 1. The fraction of sp³-hybridized carbons (Fsp3) is 0.333. The maximum absolute atomic E-state index is 11.8. The molecule has 3 N–H and O–H groups in total. The van der Waals surface area contributed by atoms with Crippen LogP contribution in [0.25, 0.3) is 0 Å². The average molecular weight is 385 g/mol. The highest BCUT2D eigenvalue weighted by molar-refractivity contribution is 5.83. The molecule has 2 aromatic carbocycles. The molecule has 3 amide bonds. The third kappa shape index (κ3) is 7.99. The highest BCUT2D eigenvalue weighted by Crippen LogP contribution is 2.17. The van der Waals surface area contributed by atoms with Crippen LogP contribution in [0.3, 0.4) is 0 Å². The van der Waals surface area contributed by atoms with Crippen molar-refractivity contribution in [2.75, 3.05) is 26.3 Å². The van der Waals surface area contributed by atoms with Gasteiger partial charge in [0.1, 0.15) is 18.1 Å². The SMILES string of the molecule is CCOc1ccc(OCCNC(=O)CNC(=O)NCc2ccc(C)cc2)cc1. The topological polar surface area (TPSA) is 88.7 Å². The summed E-state index contributed by atoms with van der Waals surface area (Å²) < 4.78 is 10.9. The van der Waals surface area contributed by atoms with Gasteiger partial charge in [0.15, 0.2) is 0 Å². The number of rotatable bonds is 10. The normalized spacial score (nSPS) is 10.1. The van der Waals surface area contributed by atoms with E-state index < -0.39 is 0 Å². The summed E-state index contributed by atoms with van der Waals surface area (Å²) in [6.07, 6.45) is 0. The standard InChI is InChI=1S/C21H27N3O4/c1-3-27-18-8-10-19(11-9-18)28-13-12-22-20(25)15-24-21(26)23-14-17-6-4-16(2)5-7-17/h4-11H,3,12-15H2,1-2H3,(H,22,25)(H2,23,24,26). The molecule has 0 saturated heterocycles. The molecular formula is C21H27N3O4. The number of carbonyl (C=O) groups excluding carboxylic acids is 2. The lowest BCUT2D eigenvalue weighted by atomic mass is 10.1. The predicted octanol–water partition coefficient (Wildman–Crippen LogP) is 2.39. The van der Waals surface area contributed by atoms with E-state index in [2.05, 4.69) is 16.0 Å². The molecule has 0 spiro atoms. The van der Waals surface area contributed by atoms with E-state index in [9.17, 15) is 9.59 Å². The minimum atomic E-state index is -0.388. The van der Waals surface area contributed by atoms with Gasteiger partial charge in [-0.05, 0) is 43.7 Å². The number of amides is 3. The van der Waals surface area contributed by atoms with Crippen molar-refractivity contribution in [2.24, 2.45) is 0 Å². The summed E-state index contributed by atoms with van der Waals surface area (Å²) in [5.74, 6) is 1.21. The lowest BCUT2D eigenvalue weighted by Crippen LogP contribution is -2.42. The third-order valence-electron chi connectivity index (χ3n) is 3.81. The Kier molecular flexibility index (Phi) is 8.65. The Morgan fingerprint density at radius 3 is 2.14 bits per heavy atom. The van der Waals surface area contributed by atoms with Gasteiger partial charge in [-0.1, -0.05) is 29.8 Å². The summed E-state index contributed by atoms with van der Waals surface area (Å²) in [7, 11) is 0. The van der Waals surface area contributed by atoms with Gasteiger partial charge in [-0.15, -0.1) is 0 Å². The minimum Gasteiger partial charge on any atom is -0.494 e. The Morgan fingerprint density at radius 1 is 0.857 bits per heavy atom. The van der Waals surface area contributed by atoms with Crippen LogP contribution in [0.4, 0.5) is 4.79 Å². The fourth-order valence-electron chi connectivity index (χ4n) is 2.33. The first kappa shape index (κ1) is 21.1. The van der Waals surface area contributed by atoms with Crippen molar-refractivity contribution in [3.63, 3.8) is 0 Å². The molecule has 7 heteroatoms. The van der Waals surface area contributed by atoms with Gasteiger partial charge >= 0.3 is 6.03 Å². The number of aryl methyl sites for hydroxylation is 1. The molecule has 0 aromatic heterocycles. The molecule has 0 atom stereocenters. The second kappa shape index (κ2) is 11.5. The van der Waals surface area contributed by atoms with E-state index in [1.165, 1.54) is 0 Å². The maximum Gasteiger partial charge on any atom is 0.315 e. The Balaban J connectivity index is 1.55. The third-order valence-corrected chi connectivity index (χ3v) is 3.81. The van der Waals surface area contributed by atoms with Gasteiger partial charge in [0.25, 0.3) is 0 Å². The van der Waals surface area contributed by atoms with Gasteiger partial charge in [0, 0.05) is 6.54 Å². The van der Waals surface area contributed by atoms with Crippen LogP contribution in [-0.4, -0.2) is 38.2 Å². The van der Waals surface area contributed by atoms with Crippen LogP contribution >= 0.6 is 0 Å². The molecule has 0 unspecified atom stereocenters. The van der Waals surface area contributed by atoms with Crippen molar-refractivity contribution in [1.29, 1.82) is 0 Å². The fourth-order valence-corrected chi connectivity index (χ4v) is 2.33. The van der Waals surface area contributed by atoms with Crippen molar-refractivity contribution >= 4 is 11.9 Å². The molecule has 0 aliphatic heterocycles. The van der Waals surface area contributed by atoms with E-state index in [1.54, 1.807) is 0 Å². The molecule has 28 heavy (non-hydrogen) atoms. The molecule has 2 rings (SSSR count). The summed E-state index contributed by atoms with van der Waals surface area (Å²) in [5.41, 5.74) is 2.16. The van der Waals surface area contributed by atoms with E-state index in [0.717, 1.165) is 16.9 Å². The number of benzene rings is 2. The molecule has 150 valence electrons. The molecule has 0 radical (unpaired) electrons. The van der Waals surface area contributed by atoms with Crippen LogP contribution in [0.1, 0.15) is 18.1 Å². The summed E-state index contributed by atoms with van der Waals surface area (Å²) >= 11 is 0. The highest BCUT2D eigenvalue weighted by Gasteiger charge is 2.05. The Labute approximate surface area is 165 Å². The number of hydrogen-bond donors (Lipinski definition) is 3. The lowest BCUT2D eigenvalue weighted by molar-refractivity contribution is -0.120. The molecular weight excluding hydrogens is 358 g/mol. The zero-order chi connectivity index (χ0) is 20.2. The second-order valence-corrected chi connectivity index (χ2v) is 6.12. The first-order valence-corrected chi connectivity index (χ1v) is 9.26. The molecule has 0 saturated carbocycles. The molecule has 7 nitrogen and oxygen atoms in total. The van der Waals surface area contributed by atoms with Crippen molar-refractivity contribution < 1.29 is 19.1 Å². The molecule has 0 bridgehead atoms. The molecule has 0 aliphatic rings. The monoisotopic (exact) mass is 385 g/mol. The summed E-state index contributed by atoms with van der Waals surface area (Å²) in [6, 6.07) is 14.8. The van der Waals surface area contributed by atoms with E-state index >= 15 is 0 Å². The quantitative estimate of drug-likeness (QED) is 0.548. The number of nitrogens with one attached hydrogen (secondary N) is 3. The molecule has 0 aliphatic carbocycles. The van der Waals surface area contributed by atoms with E-state index in [4.69, 9.17) is 9.47 Å². The van der Waals surface area contributed by atoms with Gasteiger partial charge in [0.05, 0.1) is 19.7 Å². The van der Waals surface area contributed by atoms with E-state index in [-0.39, 0.29) is 18.5 Å². The van der Waals surface area contributed by atoms with Gasteiger partial charge < -0.3 is 25.4 Å². The van der Waals surface area contributed by atoms with Crippen LogP contribution in [0.2, 0.25) is 0 Å². The van der Waals surface area contributed by atoms with E-state index in [1.807, 2.05) is 62.4 Å². The predicted molar refractivity (Wildman–Crippen MR) is 108 cm³/mol. The Morgan fingerprint density at radius 2 is 1.50 bits per heavy atom. The average Bonchev–Trinajstić information content (AvgIpc) is 2.70. The van der Waals surface area contributed by atoms with Gasteiger partial charge in [0.2, 0.25) is 5.91 Å². The van der Waals surface area contributed by atoms with E-state index in [0.29, 0.717) is 32.1 Å². The van der Waals surface area contributed by atoms with Crippen LogP contribution in [0.5, 0.6) is 11.5 Å². The van der Waals surface area contributed by atoms with Gasteiger partial charge in [-0.2, -0.15) is 0 Å². The smallest absolute Gasteiger partial charge is 0.315 e. The summed E-state index contributed by atoms with van der Waals surface area (Å²) in [5, 5.41) is 7.92. The zero-order valence-corrected chi connectivity index (χ0v) is 16.3. The van der Waals surface area contributed by atoms with Gasteiger partial charge in [-0.25, -0.2) is 4.79 Å². The van der Waals surface area contributed by atoms with Crippen LogP contribution < -0.4 is 25.4 Å². The van der Waals surface area contributed by atoms with Crippen molar-refractivity contribution in [1.82, 2.24) is 16.0 Å². The number of ether oxygens (including phenoxy) is 2. The molecule has 2 aromatic rings. The van der Waals surface area contributed by atoms with Crippen molar-refractivity contribution in [3.05, 3.63) is 59.7 Å². The largest absolute Gasteiger partial charge is 0.494 e. The van der Waals surface area contributed by atoms with Gasteiger partial charge in [-0.3, -0.25) is 4.79 Å². The molecule has 0 heterocycles. The van der Waals surface area contributed by atoms with Crippen LogP contribution in [0.15, 0.2) is 48.5 Å². The maximum atomic E-state index is 11.8. The number of hydrogen-bond acceptors (Lipinski definition) is 4. The minimum absolute atomic E-state index is 0.0945. The highest BCUT2D eigenvalue weighted by atomic mass is 16.5. The van der Waals surface area contributed by atoms with Crippen LogP contribution in [-0.2, 0) is 11.3 Å². The second-order valence-electron chi connectivity index (χ2n) is 6.12. The molecule has 0 fully saturated rings. The summed E-state index contributed by atoms with van der Waals surface area (Å²) in [4.78, 5) is 23.5. The summed E-state index contributed by atoms with van der Waals surface area (Å²) in [6.45, 7) is 5.54. The first-order chi connectivity index (χ1) is 13.6. The van der Waals surface area contributed by atoms with Crippen molar-refractivity contribution in [3.8, 4) is 11.5 Å². The lowest BCUT2D eigenvalue weighted by Gasteiger charge is -2.10. The van der Waals surface area contributed by atoms with Crippen LogP contribution in [0, 0.1) is 6.92 Å². The van der Waals surface area contributed by atoms with Crippen molar-refractivity contribution in [2.45, 2.75) is 20.4 Å². The first-order valence-electron chi connectivity index (χ1n) is 9.26. The zero-order valence-electron chi connectivity index (χ0n) is 16.3. The number of carbonyl (C=O) groups is 2.